The summed E-state index contributed by atoms with van der Waals surface area (Å²) >= 11 is 5.31. The summed E-state index contributed by atoms with van der Waals surface area (Å²) in [5, 5.41) is 2.60. The molecule has 1 N–H and O–H groups in total. The second kappa shape index (κ2) is 10.8. The Balaban J connectivity index is 1.64. The number of anilines is 1. The van der Waals surface area contributed by atoms with Crippen LogP contribution in [0.15, 0.2) is 78.4 Å². The van der Waals surface area contributed by atoms with Gasteiger partial charge in [-0.2, -0.15) is 0 Å². The predicted molar refractivity (Wildman–Crippen MR) is 138 cm³/mol. The quantitative estimate of drug-likeness (QED) is 0.270. The number of thiocarbonyl (C=S) groups is 1. The highest BCUT2D eigenvalue weighted by molar-refractivity contribution is 7.80. The third-order valence-corrected chi connectivity index (χ3v) is 5.35. The number of nitrogens with one attached hydrogen (secondary N) is 1. The van der Waals surface area contributed by atoms with Crippen molar-refractivity contribution in [2.45, 2.75) is 13.8 Å². The van der Waals surface area contributed by atoms with Crippen molar-refractivity contribution in [3.05, 3.63) is 83.9 Å². The van der Waals surface area contributed by atoms with Gasteiger partial charge in [0.1, 0.15) is 28.6 Å². The molecule has 1 aliphatic rings. The monoisotopic (exact) mass is 488 g/mol. The van der Waals surface area contributed by atoms with Gasteiger partial charge in [0.15, 0.2) is 5.11 Å². The predicted octanol–water partition coefficient (Wildman–Crippen LogP) is 5.11. The van der Waals surface area contributed by atoms with Crippen molar-refractivity contribution < 1.29 is 23.8 Å². The Labute approximate surface area is 208 Å². The molecular formula is C27H24N2O5S. The molecule has 0 unspecified atom stereocenters. The van der Waals surface area contributed by atoms with Gasteiger partial charge < -0.3 is 14.2 Å². The SMILES string of the molecule is CCOc1ccc(OCC)c(C=C2C(=O)NC(=S)N(c3ccc(Oc4ccccc4)cc3)C2=O)c1. The lowest BCUT2D eigenvalue weighted by molar-refractivity contribution is -0.122. The van der Waals surface area contributed by atoms with Gasteiger partial charge in [-0.05, 0) is 86.7 Å². The Kier molecular flexibility index (Phi) is 7.42. The number of amides is 2. The van der Waals surface area contributed by atoms with Gasteiger partial charge in [0, 0.05) is 5.56 Å². The largest absolute Gasteiger partial charge is 0.494 e. The van der Waals surface area contributed by atoms with E-state index < -0.39 is 11.8 Å². The van der Waals surface area contributed by atoms with Crippen molar-refractivity contribution in [3.63, 3.8) is 0 Å². The number of hydrogen-bond donors (Lipinski definition) is 1. The summed E-state index contributed by atoms with van der Waals surface area (Å²) < 4.78 is 17.1. The highest BCUT2D eigenvalue weighted by Gasteiger charge is 2.34. The van der Waals surface area contributed by atoms with E-state index in [0.717, 1.165) is 0 Å². The van der Waals surface area contributed by atoms with E-state index in [0.29, 0.717) is 47.5 Å². The standard InChI is InChI=1S/C27H24N2O5S/c1-3-32-22-14-15-24(33-4-2)18(16-22)17-23-25(30)28-27(35)29(26(23)31)19-10-12-21(13-11-19)34-20-8-6-5-7-9-20/h5-17H,3-4H2,1-2H3,(H,28,30,35). The third-order valence-electron chi connectivity index (χ3n) is 5.07. The molecular weight excluding hydrogens is 464 g/mol. The lowest BCUT2D eigenvalue weighted by Gasteiger charge is -2.29. The van der Waals surface area contributed by atoms with Gasteiger partial charge in [-0.1, -0.05) is 18.2 Å². The molecule has 0 atom stereocenters. The van der Waals surface area contributed by atoms with E-state index >= 15 is 0 Å². The highest BCUT2D eigenvalue weighted by Crippen LogP contribution is 2.30. The fraction of sp³-hybridized carbons (Fsp3) is 0.148. The molecule has 3 aromatic rings. The molecule has 0 saturated carbocycles. The Hall–Kier alpha value is -4.17. The fourth-order valence-corrected chi connectivity index (χ4v) is 3.80. The van der Waals surface area contributed by atoms with E-state index in [1.165, 1.54) is 11.0 Å². The van der Waals surface area contributed by atoms with Crippen LogP contribution >= 0.6 is 12.2 Å². The summed E-state index contributed by atoms with van der Waals surface area (Å²) in [6, 6.07) is 21.5. The Morgan fingerprint density at radius 3 is 2.20 bits per heavy atom. The lowest BCUT2D eigenvalue weighted by Crippen LogP contribution is -2.54. The molecule has 35 heavy (non-hydrogen) atoms. The highest BCUT2D eigenvalue weighted by atomic mass is 32.1. The molecule has 0 aromatic heterocycles. The average Bonchev–Trinajstić information content (AvgIpc) is 2.85. The lowest BCUT2D eigenvalue weighted by atomic mass is 10.1. The molecule has 3 aromatic carbocycles. The van der Waals surface area contributed by atoms with Crippen molar-refractivity contribution in [1.82, 2.24) is 5.32 Å². The minimum absolute atomic E-state index is 0.00183. The number of hydrogen-bond acceptors (Lipinski definition) is 6. The summed E-state index contributed by atoms with van der Waals surface area (Å²) in [5.41, 5.74) is 0.980. The molecule has 178 valence electrons. The van der Waals surface area contributed by atoms with Gasteiger partial charge in [0.2, 0.25) is 0 Å². The molecule has 4 rings (SSSR count). The zero-order valence-corrected chi connectivity index (χ0v) is 20.1. The van der Waals surface area contributed by atoms with Gasteiger partial charge in [-0.3, -0.25) is 19.8 Å². The number of rotatable bonds is 8. The van der Waals surface area contributed by atoms with E-state index in [2.05, 4.69) is 5.32 Å². The van der Waals surface area contributed by atoms with Crippen LogP contribution in [0.2, 0.25) is 0 Å². The maximum Gasteiger partial charge on any atom is 0.270 e. The Morgan fingerprint density at radius 2 is 1.51 bits per heavy atom. The molecule has 7 nitrogen and oxygen atoms in total. The zero-order valence-electron chi connectivity index (χ0n) is 19.3. The van der Waals surface area contributed by atoms with Crippen LogP contribution in [0.3, 0.4) is 0 Å². The third kappa shape index (κ3) is 5.50. The second-order valence-electron chi connectivity index (χ2n) is 7.43. The molecule has 1 saturated heterocycles. The summed E-state index contributed by atoms with van der Waals surface area (Å²) in [5.74, 6) is 1.31. The van der Waals surface area contributed by atoms with Crippen LogP contribution in [0.1, 0.15) is 19.4 Å². The van der Waals surface area contributed by atoms with Crippen LogP contribution < -0.4 is 24.4 Å². The minimum Gasteiger partial charge on any atom is -0.494 e. The van der Waals surface area contributed by atoms with Crippen molar-refractivity contribution in [1.29, 1.82) is 0 Å². The number of carbonyl (C=O) groups is 2. The second-order valence-corrected chi connectivity index (χ2v) is 7.82. The molecule has 8 heteroatoms. The number of nitrogens with zero attached hydrogens (tertiary/aromatic N) is 1. The molecule has 0 spiro atoms. The van der Waals surface area contributed by atoms with Crippen LogP contribution in [0, 0.1) is 0 Å². The van der Waals surface area contributed by atoms with E-state index in [9.17, 15) is 9.59 Å². The van der Waals surface area contributed by atoms with Crippen LogP contribution in [0.4, 0.5) is 5.69 Å². The molecule has 0 aliphatic carbocycles. The molecule has 1 fully saturated rings. The summed E-state index contributed by atoms with van der Waals surface area (Å²) in [4.78, 5) is 27.4. The van der Waals surface area contributed by atoms with E-state index in [-0.39, 0.29) is 10.7 Å². The number of benzene rings is 3. The first-order chi connectivity index (χ1) is 17.0. The first-order valence-corrected chi connectivity index (χ1v) is 11.5. The molecule has 1 heterocycles. The maximum atomic E-state index is 13.4. The van der Waals surface area contributed by atoms with E-state index in [1.54, 1.807) is 42.5 Å². The zero-order chi connectivity index (χ0) is 24.8. The number of ether oxygens (including phenoxy) is 3. The van der Waals surface area contributed by atoms with Crippen LogP contribution in [0.25, 0.3) is 6.08 Å². The van der Waals surface area contributed by atoms with Crippen molar-refractivity contribution in [2.24, 2.45) is 0 Å². The Bertz CT molecular complexity index is 1270. The molecule has 0 radical (unpaired) electrons. The van der Waals surface area contributed by atoms with Gasteiger partial charge >= 0.3 is 0 Å². The van der Waals surface area contributed by atoms with Gasteiger partial charge in [0.05, 0.1) is 18.9 Å². The van der Waals surface area contributed by atoms with Gasteiger partial charge in [-0.15, -0.1) is 0 Å². The normalized spacial score (nSPS) is 14.6. The molecule has 2 amide bonds. The summed E-state index contributed by atoms with van der Waals surface area (Å²) in [7, 11) is 0. The minimum atomic E-state index is -0.579. The Morgan fingerprint density at radius 1 is 0.857 bits per heavy atom. The van der Waals surface area contributed by atoms with Crippen molar-refractivity contribution in [2.75, 3.05) is 18.1 Å². The van der Waals surface area contributed by atoms with E-state index in [4.69, 9.17) is 26.4 Å². The fourth-order valence-electron chi connectivity index (χ4n) is 3.52. The van der Waals surface area contributed by atoms with Gasteiger partial charge in [0.25, 0.3) is 11.8 Å². The first kappa shape index (κ1) is 24.0. The number of carbonyl (C=O) groups excluding carboxylic acids is 2. The van der Waals surface area contributed by atoms with E-state index in [1.807, 2.05) is 44.2 Å². The smallest absolute Gasteiger partial charge is 0.270 e. The number of para-hydroxylation sites is 1. The topological polar surface area (TPSA) is 77.1 Å². The first-order valence-electron chi connectivity index (χ1n) is 11.1. The van der Waals surface area contributed by atoms with Crippen LogP contribution in [-0.2, 0) is 9.59 Å². The summed E-state index contributed by atoms with van der Waals surface area (Å²) in [6.45, 7) is 4.65. The van der Waals surface area contributed by atoms with Crippen LogP contribution in [0.5, 0.6) is 23.0 Å². The van der Waals surface area contributed by atoms with Gasteiger partial charge in [-0.25, -0.2) is 0 Å². The summed E-state index contributed by atoms with van der Waals surface area (Å²) in [6.07, 6.45) is 1.49. The van der Waals surface area contributed by atoms with Crippen molar-refractivity contribution >= 4 is 40.9 Å². The molecule has 0 bridgehead atoms. The van der Waals surface area contributed by atoms with Crippen molar-refractivity contribution in [3.8, 4) is 23.0 Å². The molecule has 1 aliphatic heterocycles. The van der Waals surface area contributed by atoms with Crippen LogP contribution in [-0.4, -0.2) is 30.1 Å². The average molecular weight is 489 g/mol. The maximum absolute atomic E-state index is 13.4.